The summed E-state index contributed by atoms with van der Waals surface area (Å²) in [6.07, 6.45) is 0. The van der Waals surface area contributed by atoms with E-state index in [0.717, 1.165) is 6.54 Å². The maximum absolute atomic E-state index is 6.26. The molecule has 4 heteroatoms. The number of nitrogens with zero attached hydrogens (tertiary/aromatic N) is 1. The fraction of sp³-hybridized carbons (Fsp3) is 0.467. The van der Waals surface area contributed by atoms with Crippen LogP contribution in [0.5, 0.6) is 0 Å². The summed E-state index contributed by atoms with van der Waals surface area (Å²) in [5, 5.41) is 6.49. The van der Waals surface area contributed by atoms with Gasteiger partial charge in [0.25, 0.3) is 0 Å². The van der Waals surface area contributed by atoms with E-state index in [2.05, 4.69) is 60.0 Å². The Balaban J connectivity index is 2.24. The SMILES string of the molecule is CC(N)C(c1ccsc1)N(Cc1cccs1)C(C)C. The van der Waals surface area contributed by atoms with Crippen LogP contribution in [-0.4, -0.2) is 17.0 Å². The van der Waals surface area contributed by atoms with Crippen molar-refractivity contribution in [3.8, 4) is 0 Å². The molecule has 0 aromatic carbocycles. The second-order valence-electron chi connectivity index (χ2n) is 5.21. The Kier molecular flexibility index (Phi) is 5.16. The zero-order valence-corrected chi connectivity index (χ0v) is 13.4. The molecule has 19 heavy (non-hydrogen) atoms. The summed E-state index contributed by atoms with van der Waals surface area (Å²) in [7, 11) is 0. The van der Waals surface area contributed by atoms with E-state index in [4.69, 9.17) is 5.73 Å². The summed E-state index contributed by atoms with van der Waals surface area (Å²) in [4.78, 5) is 3.90. The number of hydrogen-bond donors (Lipinski definition) is 1. The minimum atomic E-state index is 0.122. The number of nitrogens with two attached hydrogens (primary N) is 1. The maximum atomic E-state index is 6.26. The van der Waals surface area contributed by atoms with Crippen molar-refractivity contribution in [3.05, 3.63) is 44.8 Å². The smallest absolute Gasteiger partial charge is 0.0511 e. The van der Waals surface area contributed by atoms with Crippen LogP contribution in [0.15, 0.2) is 34.3 Å². The lowest BCUT2D eigenvalue weighted by Gasteiger charge is -2.36. The van der Waals surface area contributed by atoms with Crippen LogP contribution >= 0.6 is 22.7 Å². The first kappa shape index (κ1) is 14.7. The Morgan fingerprint density at radius 3 is 2.47 bits per heavy atom. The molecule has 0 bridgehead atoms. The largest absolute Gasteiger partial charge is 0.326 e. The molecule has 2 nitrogen and oxygen atoms in total. The summed E-state index contributed by atoms with van der Waals surface area (Å²) < 4.78 is 0. The quantitative estimate of drug-likeness (QED) is 0.869. The Bertz CT molecular complexity index is 460. The van der Waals surface area contributed by atoms with E-state index in [0.29, 0.717) is 6.04 Å². The van der Waals surface area contributed by atoms with E-state index in [1.165, 1.54) is 10.4 Å². The van der Waals surface area contributed by atoms with Crippen LogP contribution in [0.25, 0.3) is 0 Å². The summed E-state index contributed by atoms with van der Waals surface area (Å²) in [5.41, 5.74) is 7.60. The highest BCUT2D eigenvalue weighted by Crippen LogP contribution is 2.29. The molecule has 0 radical (unpaired) electrons. The normalized spacial score (nSPS) is 15.1. The highest BCUT2D eigenvalue weighted by Gasteiger charge is 2.26. The third-order valence-corrected chi connectivity index (χ3v) is 4.88. The van der Waals surface area contributed by atoms with Gasteiger partial charge in [0.1, 0.15) is 0 Å². The topological polar surface area (TPSA) is 29.3 Å². The van der Waals surface area contributed by atoms with Crippen molar-refractivity contribution in [1.29, 1.82) is 0 Å². The summed E-state index contributed by atoms with van der Waals surface area (Å²) in [6, 6.07) is 7.39. The minimum absolute atomic E-state index is 0.122. The first-order valence-electron chi connectivity index (χ1n) is 6.65. The summed E-state index contributed by atoms with van der Waals surface area (Å²) >= 11 is 3.56. The van der Waals surface area contributed by atoms with Crippen LogP contribution in [0.2, 0.25) is 0 Å². The van der Waals surface area contributed by atoms with Crippen molar-refractivity contribution >= 4 is 22.7 Å². The lowest BCUT2D eigenvalue weighted by atomic mass is 10.0. The molecule has 0 fully saturated rings. The zero-order chi connectivity index (χ0) is 13.8. The summed E-state index contributed by atoms with van der Waals surface area (Å²) in [5.74, 6) is 0. The van der Waals surface area contributed by atoms with E-state index < -0.39 is 0 Å². The van der Waals surface area contributed by atoms with Crippen LogP contribution < -0.4 is 5.73 Å². The van der Waals surface area contributed by atoms with Crippen LogP contribution in [-0.2, 0) is 6.54 Å². The van der Waals surface area contributed by atoms with Gasteiger partial charge in [0.2, 0.25) is 0 Å². The molecule has 2 rings (SSSR count). The molecule has 2 heterocycles. The van der Waals surface area contributed by atoms with Crippen molar-refractivity contribution in [2.45, 2.75) is 45.4 Å². The minimum Gasteiger partial charge on any atom is -0.326 e. The monoisotopic (exact) mass is 294 g/mol. The predicted molar refractivity (Wildman–Crippen MR) is 85.7 cm³/mol. The van der Waals surface area contributed by atoms with E-state index in [9.17, 15) is 0 Å². The Labute approximate surface area is 123 Å². The average Bonchev–Trinajstić information content (AvgIpc) is 2.99. The fourth-order valence-corrected chi connectivity index (χ4v) is 3.83. The Morgan fingerprint density at radius 1 is 1.21 bits per heavy atom. The van der Waals surface area contributed by atoms with Crippen molar-refractivity contribution in [3.63, 3.8) is 0 Å². The van der Waals surface area contributed by atoms with Gasteiger partial charge in [-0.2, -0.15) is 11.3 Å². The lowest BCUT2D eigenvalue weighted by molar-refractivity contribution is 0.128. The van der Waals surface area contributed by atoms with E-state index >= 15 is 0 Å². The molecule has 2 atom stereocenters. The first-order chi connectivity index (χ1) is 9.09. The lowest BCUT2D eigenvalue weighted by Crippen LogP contribution is -2.42. The molecule has 0 aliphatic heterocycles. The molecule has 104 valence electrons. The molecule has 0 spiro atoms. The second-order valence-corrected chi connectivity index (χ2v) is 7.02. The number of hydrogen-bond acceptors (Lipinski definition) is 4. The summed E-state index contributed by atoms with van der Waals surface area (Å²) in [6.45, 7) is 7.56. The zero-order valence-electron chi connectivity index (χ0n) is 11.7. The van der Waals surface area contributed by atoms with Crippen molar-refractivity contribution in [1.82, 2.24) is 4.90 Å². The first-order valence-corrected chi connectivity index (χ1v) is 8.47. The molecular weight excluding hydrogens is 272 g/mol. The van der Waals surface area contributed by atoms with Gasteiger partial charge < -0.3 is 5.73 Å². The third-order valence-electron chi connectivity index (χ3n) is 3.32. The molecule has 0 amide bonds. The van der Waals surface area contributed by atoms with E-state index in [1.54, 1.807) is 11.3 Å². The molecule has 0 saturated carbocycles. The van der Waals surface area contributed by atoms with Crippen LogP contribution in [0, 0.1) is 0 Å². The van der Waals surface area contributed by atoms with E-state index in [-0.39, 0.29) is 12.1 Å². The highest BCUT2D eigenvalue weighted by molar-refractivity contribution is 7.09. The van der Waals surface area contributed by atoms with Crippen LogP contribution in [0.3, 0.4) is 0 Å². The van der Waals surface area contributed by atoms with Gasteiger partial charge in [-0.3, -0.25) is 4.90 Å². The maximum Gasteiger partial charge on any atom is 0.0511 e. The van der Waals surface area contributed by atoms with Gasteiger partial charge >= 0.3 is 0 Å². The van der Waals surface area contributed by atoms with Crippen molar-refractivity contribution in [2.24, 2.45) is 5.73 Å². The molecule has 2 aromatic heterocycles. The van der Waals surface area contributed by atoms with Gasteiger partial charge in [-0.1, -0.05) is 6.07 Å². The van der Waals surface area contributed by atoms with Crippen LogP contribution in [0.1, 0.15) is 37.3 Å². The third kappa shape index (κ3) is 3.66. The van der Waals surface area contributed by atoms with Crippen molar-refractivity contribution < 1.29 is 0 Å². The molecule has 2 aromatic rings. The molecule has 0 aliphatic carbocycles. The number of rotatable bonds is 6. The van der Waals surface area contributed by atoms with Gasteiger partial charge in [0, 0.05) is 23.5 Å². The van der Waals surface area contributed by atoms with Gasteiger partial charge in [0.15, 0.2) is 0 Å². The molecule has 0 saturated heterocycles. The van der Waals surface area contributed by atoms with Gasteiger partial charge in [-0.15, -0.1) is 11.3 Å². The van der Waals surface area contributed by atoms with E-state index in [1.807, 2.05) is 11.3 Å². The predicted octanol–water partition coefficient (Wildman–Crippen LogP) is 4.11. The molecular formula is C15H22N2S2. The Morgan fingerprint density at radius 2 is 2.00 bits per heavy atom. The van der Waals surface area contributed by atoms with Crippen molar-refractivity contribution in [2.75, 3.05) is 0 Å². The fourth-order valence-electron chi connectivity index (χ4n) is 2.42. The molecule has 0 aliphatic rings. The molecule has 2 N–H and O–H groups in total. The molecule has 2 unspecified atom stereocenters. The van der Waals surface area contributed by atoms with Crippen LogP contribution in [0.4, 0.5) is 0 Å². The average molecular weight is 294 g/mol. The number of thiophene rings is 2. The van der Waals surface area contributed by atoms with Gasteiger partial charge in [0.05, 0.1) is 6.04 Å². The standard InChI is InChI=1S/C15H22N2S2/c1-11(2)17(9-14-5-4-7-19-14)15(12(3)16)13-6-8-18-10-13/h4-8,10-12,15H,9,16H2,1-3H3. The Hall–Kier alpha value is -0.680. The highest BCUT2D eigenvalue weighted by atomic mass is 32.1. The van der Waals surface area contributed by atoms with Gasteiger partial charge in [-0.05, 0) is 54.6 Å². The van der Waals surface area contributed by atoms with Gasteiger partial charge in [-0.25, -0.2) is 0 Å². The second kappa shape index (κ2) is 6.66.